The third-order valence-corrected chi connectivity index (χ3v) is 7.44. The molecule has 0 unspecified atom stereocenters. The van der Waals surface area contributed by atoms with E-state index < -0.39 is 5.60 Å². The zero-order valence-corrected chi connectivity index (χ0v) is 20.8. The van der Waals surface area contributed by atoms with E-state index in [9.17, 15) is 4.79 Å². The van der Waals surface area contributed by atoms with Crippen LogP contribution in [-0.2, 0) is 16.1 Å². The second-order valence-electron chi connectivity index (χ2n) is 10.5. The van der Waals surface area contributed by atoms with Crippen LogP contribution in [0.3, 0.4) is 0 Å². The van der Waals surface area contributed by atoms with Crippen LogP contribution in [0.5, 0.6) is 0 Å². The zero-order chi connectivity index (χ0) is 23.3. The number of hydrogen-bond donors (Lipinski definition) is 0. The van der Waals surface area contributed by atoms with E-state index in [0.717, 1.165) is 43.4 Å². The number of ether oxygens (including phenoxy) is 2. The molecular weight excluding hydrogens is 463 g/mol. The standard InChI is InChI=1S/C25H30Cl2N2O4/c1-25(2,3)32-24(30)29-12-15-9-10-16(29)11-20(15)31-13-17-22(28-33-23(17)14-7-8-14)21-18(26)5-4-6-19(21)27/h4-6,14-16,20H,7-13H2,1-3H3/t15-,16-,20-/m0/s1. The van der Waals surface area contributed by atoms with Crippen molar-refractivity contribution in [2.75, 3.05) is 6.54 Å². The summed E-state index contributed by atoms with van der Waals surface area (Å²) in [5, 5.41) is 5.45. The number of carbonyl (C=O) groups is 1. The molecule has 2 saturated carbocycles. The van der Waals surface area contributed by atoms with Crippen molar-refractivity contribution in [3.63, 3.8) is 0 Å². The van der Waals surface area contributed by atoms with Crippen molar-refractivity contribution in [2.45, 2.75) is 83.1 Å². The zero-order valence-electron chi connectivity index (χ0n) is 19.3. The number of piperidine rings is 2. The van der Waals surface area contributed by atoms with Gasteiger partial charge in [-0.3, -0.25) is 0 Å². The molecule has 4 aliphatic rings. The lowest BCUT2D eigenvalue weighted by molar-refractivity contribution is -0.0934. The van der Waals surface area contributed by atoms with Crippen molar-refractivity contribution in [1.82, 2.24) is 10.1 Å². The minimum absolute atomic E-state index is 0.0824. The van der Waals surface area contributed by atoms with E-state index >= 15 is 0 Å². The molecule has 2 aromatic rings. The Morgan fingerprint density at radius 1 is 1.18 bits per heavy atom. The van der Waals surface area contributed by atoms with E-state index in [2.05, 4.69) is 5.16 Å². The summed E-state index contributed by atoms with van der Waals surface area (Å²) in [4.78, 5) is 14.6. The number of halogens is 2. The maximum absolute atomic E-state index is 12.7. The Bertz CT molecular complexity index is 1020. The first kappa shape index (κ1) is 23.0. The number of amides is 1. The number of hydrogen-bond acceptors (Lipinski definition) is 5. The van der Waals surface area contributed by atoms with Gasteiger partial charge < -0.3 is 18.9 Å². The van der Waals surface area contributed by atoms with Crippen molar-refractivity contribution in [2.24, 2.45) is 5.92 Å². The molecule has 1 amide bonds. The van der Waals surface area contributed by atoms with E-state index in [-0.39, 0.29) is 18.2 Å². The summed E-state index contributed by atoms with van der Waals surface area (Å²) in [6.45, 7) is 6.77. The lowest BCUT2D eigenvalue weighted by Crippen LogP contribution is -2.57. The summed E-state index contributed by atoms with van der Waals surface area (Å²) in [6, 6.07) is 5.59. The predicted molar refractivity (Wildman–Crippen MR) is 127 cm³/mol. The van der Waals surface area contributed by atoms with Crippen LogP contribution in [0.25, 0.3) is 11.3 Å². The fraction of sp³-hybridized carbons (Fsp3) is 0.600. The van der Waals surface area contributed by atoms with Crippen molar-refractivity contribution in [3.8, 4) is 11.3 Å². The van der Waals surface area contributed by atoms with Gasteiger partial charge in [0.1, 0.15) is 17.1 Å². The van der Waals surface area contributed by atoms with Gasteiger partial charge in [0.2, 0.25) is 0 Å². The number of nitrogens with zero attached hydrogens (tertiary/aromatic N) is 2. The van der Waals surface area contributed by atoms with Crippen LogP contribution in [0, 0.1) is 5.92 Å². The Balaban J connectivity index is 1.32. The van der Waals surface area contributed by atoms with Gasteiger partial charge in [0.15, 0.2) is 0 Å². The Labute approximate surface area is 204 Å². The normalized spacial score (nSPS) is 24.9. The molecule has 2 aliphatic heterocycles. The molecule has 0 radical (unpaired) electrons. The quantitative estimate of drug-likeness (QED) is 0.457. The first-order valence-electron chi connectivity index (χ1n) is 11.8. The number of carbonyl (C=O) groups excluding carboxylic acids is 1. The van der Waals surface area contributed by atoms with Crippen LogP contribution in [0.2, 0.25) is 10.0 Å². The summed E-state index contributed by atoms with van der Waals surface area (Å²) >= 11 is 13.0. The highest BCUT2D eigenvalue weighted by atomic mass is 35.5. The molecule has 2 saturated heterocycles. The van der Waals surface area contributed by atoms with Gasteiger partial charge >= 0.3 is 6.09 Å². The van der Waals surface area contributed by atoms with Crippen molar-refractivity contribution in [1.29, 1.82) is 0 Å². The molecule has 4 fully saturated rings. The summed E-state index contributed by atoms with van der Waals surface area (Å²) in [7, 11) is 0. The highest BCUT2D eigenvalue weighted by molar-refractivity contribution is 6.39. The van der Waals surface area contributed by atoms with Crippen LogP contribution >= 0.6 is 23.2 Å². The summed E-state index contributed by atoms with van der Waals surface area (Å²) in [5.74, 6) is 1.56. The second-order valence-corrected chi connectivity index (χ2v) is 11.3. The summed E-state index contributed by atoms with van der Waals surface area (Å²) in [5.41, 5.74) is 1.81. The van der Waals surface area contributed by atoms with E-state index in [0.29, 0.717) is 46.3 Å². The average molecular weight is 493 g/mol. The molecule has 3 heterocycles. The minimum Gasteiger partial charge on any atom is -0.444 e. The van der Waals surface area contributed by atoms with Gasteiger partial charge in [-0.15, -0.1) is 0 Å². The number of aromatic nitrogens is 1. The molecule has 1 aromatic carbocycles. The Kier molecular flexibility index (Phi) is 6.13. The van der Waals surface area contributed by atoms with Crippen molar-refractivity contribution in [3.05, 3.63) is 39.6 Å². The largest absolute Gasteiger partial charge is 0.444 e. The first-order chi connectivity index (χ1) is 15.7. The Morgan fingerprint density at radius 2 is 1.91 bits per heavy atom. The van der Waals surface area contributed by atoms with E-state index in [1.165, 1.54) is 0 Å². The molecule has 1 aromatic heterocycles. The van der Waals surface area contributed by atoms with Gasteiger partial charge in [-0.25, -0.2) is 4.79 Å². The van der Waals surface area contributed by atoms with Gasteiger partial charge in [-0.2, -0.15) is 0 Å². The fourth-order valence-electron chi connectivity index (χ4n) is 5.05. The number of rotatable bonds is 5. The molecule has 0 N–H and O–H groups in total. The lowest BCUT2D eigenvalue weighted by Gasteiger charge is -2.49. The van der Waals surface area contributed by atoms with Gasteiger partial charge in [-0.1, -0.05) is 34.4 Å². The smallest absolute Gasteiger partial charge is 0.410 e. The first-order valence-corrected chi connectivity index (χ1v) is 12.5. The molecule has 33 heavy (non-hydrogen) atoms. The second kappa shape index (κ2) is 8.79. The lowest BCUT2D eigenvalue weighted by atomic mass is 9.78. The van der Waals surface area contributed by atoms with Gasteiger partial charge in [-0.05, 0) is 65.0 Å². The number of benzene rings is 1. The maximum atomic E-state index is 12.7. The minimum atomic E-state index is -0.493. The van der Waals surface area contributed by atoms with Crippen LogP contribution in [0.4, 0.5) is 4.79 Å². The molecule has 0 spiro atoms. The van der Waals surface area contributed by atoms with E-state index in [1.807, 2.05) is 43.9 Å². The highest BCUT2D eigenvalue weighted by Gasteiger charge is 2.44. The molecule has 2 bridgehead atoms. The SMILES string of the molecule is CC(C)(C)OC(=O)N1C[C@@H]2CC[C@H]1C[C@@H]2OCc1c(-c2c(Cl)cccc2Cl)noc1C1CC1. The molecule has 178 valence electrons. The van der Waals surface area contributed by atoms with Crippen molar-refractivity contribution >= 4 is 29.3 Å². The highest BCUT2D eigenvalue weighted by Crippen LogP contribution is 2.46. The third-order valence-electron chi connectivity index (χ3n) is 6.81. The van der Waals surface area contributed by atoms with E-state index in [4.69, 9.17) is 37.2 Å². The van der Waals surface area contributed by atoms with Gasteiger partial charge in [0.25, 0.3) is 0 Å². The fourth-order valence-corrected chi connectivity index (χ4v) is 5.63. The molecular formula is C25H30Cl2N2O4. The summed E-state index contributed by atoms with van der Waals surface area (Å²) < 4.78 is 17.9. The molecule has 6 nitrogen and oxygen atoms in total. The third kappa shape index (κ3) is 4.75. The van der Waals surface area contributed by atoms with Crippen LogP contribution in [-0.4, -0.2) is 40.4 Å². The molecule has 3 atom stereocenters. The van der Waals surface area contributed by atoms with Gasteiger partial charge in [0.05, 0.1) is 22.8 Å². The average Bonchev–Trinajstić information content (AvgIpc) is 3.52. The molecule has 2 aliphatic carbocycles. The predicted octanol–water partition coefficient (Wildman–Crippen LogP) is 6.83. The van der Waals surface area contributed by atoms with Crippen molar-refractivity contribution < 1.29 is 18.8 Å². The molecule has 8 heteroatoms. The number of fused-ring (bicyclic) bond motifs is 3. The Hall–Kier alpha value is -1.76. The Morgan fingerprint density at radius 3 is 2.52 bits per heavy atom. The van der Waals surface area contributed by atoms with Crippen LogP contribution < -0.4 is 0 Å². The van der Waals surface area contributed by atoms with Crippen LogP contribution in [0.1, 0.15) is 70.1 Å². The monoisotopic (exact) mass is 492 g/mol. The molecule has 6 rings (SSSR count). The van der Waals surface area contributed by atoms with Gasteiger partial charge in [0, 0.05) is 35.5 Å². The van der Waals surface area contributed by atoms with E-state index in [1.54, 1.807) is 0 Å². The van der Waals surface area contributed by atoms with Crippen LogP contribution in [0.15, 0.2) is 22.7 Å². The summed E-state index contributed by atoms with van der Waals surface area (Å²) in [6.07, 6.45) is 4.91. The maximum Gasteiger partial charge on any atom is 0.410 e. The topological polar surface area (TPSA) is 64.8 Å².